The molecule has 0 spiro atoms. The lowest BCUT2D eigenvalue weighted by Gasteiger charge is -2.25. The highest BCUT2D eigenvalue weighted by Crippen LogP contribution is 2.22. The number of aromatic nitrogens is 1. The van der Waals surface area contributed by atoms with E-state index in [2.05, 4.69) is 38.0 Å². The van der Waals surface area contributed by atoms with Crippen molar-refractivity contribution >= 4 is 5.82 Å². The molecule has 0 amide bonds. The molecule has 102 valence electrons. The van der Waals surface area contributed by atoms with Gasteiger partial charge in [0.1, 0.15) is 0 Å². The predicted molar refractivity (Wildman–Crippen MR) is 65.8 cm³/mol. The van der Waals surface area contributed by atoms with Crippen molar-refractivity contribution in [3.05, 3.63) is 23.6 Å². The number of nitrogens with one attached hydrogen (secondary N) is 1. The highest BCUT2D eigenvalue weighted by Gasteiger charge is 2.19. The van der Waals surface area contributed by atoms with Gasteiger partial charge in [-0.05, 0) is 17.8 Å². The van der Waals surface area contributed by atoms with E-state index in [0.29, 0.717) is 30.4 Å². The number of pyridine rings is 1. The lowest BCUT2D eigenvalue weighted by atomic mass is 9.85. The number of nitrogens with zero attached hydrogens (tertiary/aromatic N) is 1. The van der Waals surface area contributed by atoms with E-state index in [9.17, 15) is 13.2 Å². The van der Waals surface area contributed by atoms with Crippen LogP contribution in [0.1, 0.15) is 27.7 Å². The molecule has 1 heterocycles. The molecule has 0 atom stereocenters. The Kier molecular flexibility index (Phi) is 4.99. The number of anilines is 1. The average molecular weight is 260 g/mol. The molecule has 0 fully saturated rings. The summed E-state index contributed by atoms with van der Waals surface area (Å²) in [7, 11) is 0. The van der Waals surface area contributed by atoms with Crippen LogP contribution in [-0.2, 0) is 0 Å². The summed E-state index contributed by atoms with van der Waals surface area (Å²) in [5.41, 5.74) is 0. The standard InChI is InChI=1S/C13H19F3N2/c1-7(2)9(8(3)4)6-17-13-11(15)5-10(14)12(16)18-13/h5,7-9H,6H2,1-4H3,(H,17,18). The van der Waals surface area contributed by atoms with Gasteiger partial charge in [0.2, 0.25) is 0 Å². The second kappa shape index (κ2) is 6.07. The molecule has 5 heteroatoms. The Morgan fingerprint density at radius 1 is 1.06 bits per heavy atom. The number of hydrogen-bond donors (Lipinski definition) is 1. The second-order valence-electron chi connectivity index (χ2n) is 5.12. The number of rotatable bonds is 5. The van der Waals surface area contributed by atoms with Crippen molar-refractivity contribution in [1.29, 1.82) is 0 Å². The molecule has 1 N–H and O–H groups in total. The minimum Gasteiger partial charge on any atom is -0.367 e. The molecular weight excluding hydrogens is 241 g/mol. The second-order valence-corrected chi connectivity index (χ2v) is 5.12. The third-order valence-corrected chi connectivity index (χ3v) is 3.10. The molecular formula is C13H19F3N2. The Labute approximate surface area is 106 Å². The predicted octanol–water partition coefficient (Wildman–Crippen LogP) is 3.84. The number of hydrogen-bond acceptors (Lipinski definition) is 2. The normalized spacial score (nSPS) is 11.7. The zero-order valence-corrected chi connectivity index (χ0v) is 11.1. The molecule has 18 heavy (non-hydrogen) atoms. The summed E-state index contributed by atoms with van der Waals surface area (Å²) < 4.78 is 39.0. The van der Waals surface area contributed by atoms with Crippen LogP contribution in [0.2, 0.25) is 0 Å². The summed E-state index contributed by atoms with van der Waals surface area (Å²) in [6, 6.07) is 0.504. The van der Waals surface area contributed by atoms with Gasteiger partial charge in [-0.3, -0.25) is 0 Å². The Bertz CT molecular complexity index is 397. The van der Waals surface area contributed by atoms with E-state index in [1.165, 1.54) is 0 Å². The Hall–Kier alpha value is -1.26. The molecule has 0 aliphatic carbocycles. The fourth-order valence-corrected chi connectivity index (χ4v) is 2.02. The van der Waals surface area contributed by atoms with Gasteiger partial charge in [0.25, 0.3) is 5.95 Å². The van der Waals surface area contributed by atoms with E-state index in [4.69, 9.17) is 0 Å². The molecule has 0 aliphatic rings. The van der Waals surface area contributed by atoms with Crippen LogP contribution in [-0.4, -0.2) is 11.5 Å². The first-order chi connectivity index (χ1) is 8.32. The van der Waals surface area contributed by atoms with Gasteiger partial charge in [-0.25, -0.2) is 8.78 Å². The van der Waals surface area contributed by atoms with Crippen LogP contribution >= 0.6 is 0 Å². The van der Waals surface area contributed by atoms with Gasteiger partial charge < -0.3 is 5.32 Å². The summed E-state index contributed by atoms with van der Waals surface area (Å²) in [5, 5.41) is 2.75. The first kappa shape index (κ1) is 14.8. The van der Waals surface area contributed by atoms with Gasteiger partial charge in [-0.15, -0.1) is 0 Å². The Balaban J connectivity index is 2.76. The van der Waals surface area contributed by atoms with E-state index in [1.54, 1.807) is 0 Å². The lowest BCUT2D eigenvalue weighted by Crippen LogP contribution is -2.25. The molecule has 0 aromatic carbocycles. The lowest BCUT2D eigenvalue weighted by molar-refractivity contribution is 0.303. The van der Waals surface area contributed by atoms with Crippen LogP contribution < -0.4 is 5.32 Å². The fraction of sp³-hybridized carbons (Fsp3) is 0.615. The summed E-state index contributed by atoms with van der Waals surface area (Å²) in [4.78, 5) is 3.24. The van der Waals surface area contributed by atoms with E-state index in [0.717, 1.165) is 0 Å². The van der Waals surface area contributed by atoms with E-state index >= 15 is 0 Å². The molecule has 0 saturated carbocycles. The van der Waals surface area contributed by atoms with Crippen molar-refractivity contribution in [1.82, 2.24) is 4.98 Å². The SMILES string of the molecule is CC(C)C(CNc1nc(F)c(F)cc1F)C(C)C. The molecule has 0 bridgehead atoms. The average Bonchev–Trinajstić information content (AvgIpc) is 2.24. The van der Waals surface area contributed by atoms with E-state index < -0.39 is 17.6 Å². The highest BCUT2D eigenvalue weighted by molar-refractivity contribution is 5.36. The van der Waals surface area contributed by atoms with E-state index in [1.807, 2.05) is 0 Å². The van der Waals surface area contributed by atoms with Crippen molar-refractivity contribution < 1.29 is 13.2 Å². The maximum absolute atomic E-state index is 13.4. The van der Waals surface area contributed by atoms with Gasteiger partial charge >= 0.3 is 0 Å². The topological polar surface area (TPSA) is 24.9 Å². The maximum Gasteiger partial charge on any atom is 0.251 e. The van der Waals surface area contributed by atoms with Crippen LogP contribution in [0.4, 0.5) is 19.0 Å². The molecule has 1 aromatic rings. The number of halogens is 3. The van der Waals surface area contributed by atoms with Crippen molar-refractivity contribution in [2.75, 3.05) is 11.9 Å². The third-order valence-electron chi connectivity index (χ3n) is 3.10. The highest BCUT2D eigenvalue weighted by atomic mass is 19.2. The smallest absolute Gasteiger partial charge is 0.251 e. The summed E-state index contributed by atoms with van der Waals surface area (Å²) in [6.07, 6.45) is 0. The zero-order valence-electron chi connectivity index (χ0n) is 11.1. The van der Waals surface area contributed by atoms with Crippen LogP contribution in [0.3, 0.4) is 0 Å². The van der Waals surface area contributed by atoms with Crippen molar-refractivity contribution in [3.63, 3.8) is 0 Å². The van der Waals surface area contributed by atoms with Crippen LogP contribution in [0.15, 0.2) is 6.07 Å². The molecule has 1 aromatic heterocycles. The molecule has 1 rings (SSSR count). The molecule has 0 saturated heterocycles. The maximum atomic E-state index is 13.4. The van der Waals surface area contributed by atoms with Crippen molar-refractivity contribution in [2.24, 2.45) is 17.8 Å². The largest absolute Gasteiger partial charge is 0.367 e. The Morgan fingerprint density at radius 3 is 2.11 bits per heavy atom. The first-order valence-corrected chi connectivity index (χ1v) is 6.08. The quantitative estimate of drug-likeness (QED) is 0.814. The molecule has 0 unspecified atom stereocenters. The monoisotopic (exact) mass is 260 g/mol. The summed E-state index contributed by atoms with van der Waals surface area (Å²) in [5.74, 6) is -2.55. The fourth-order valence-electron chi connectivity index (χ4n) is 2.02. The van der Waals surface area contributed by atoms with E-state index in [-0.39, 0.29) is 5.82 Å². The molecule has 2 nitrogen and oxygen atoms in total. The summed E-state index contributed by atoms with van der Waals surface area (Å²) in [6.45, 7) is 8.76. The van der Waals surface area contributed by atoms with Gasteiger partial charge in [0.15, 0.2) is 17.5 Å². The van der Waals surface area contributed by atoms with Gasteiger partial charge in [0, 0.05) is 12.6 Å². The molecule has 0 aliphatic heterocycles. The first-order valence-electron chi connectivity index (χ1n) is 6.08. The van der Waals surface area contributed by atoms with Crippen molar-refractivity contribution in [2.45, 2.75) is 27.7 Å². The molecule has 0 radical (unpaired) electrons. The van der Waals surface area contributed by atoms with Gasteiger partial charge in [-0.1, -0.05) is 27.7 Å². The Morgan fingerprint density at radius 2 is 1.61 bits per heavy atom. The van der Waals surface area contributed by atoms with Gasteiger partial charge in [0.05, 0.1) is 0 Å². The van der Waals surface area contributed by atoms with Crippen molar-refractivity contribution in [3.8, 4) is 0 Å². The van der Waals surface area contributed by atoms with Crippen LogP contribution in [0.5, 0.6) is 0 Å². The zero-order chi connectivity index (χ0) is 13.9. The van der Waals surface area contributed by atoms with Gasteiger partial charge in [-0.2, -0.15) is 9.37 Å². The third kappa shape index (κ3) is 3.62. The van der Waals surface area contributed by atoms with Crippen LogP contribution in [0.25, 0.3) is 0 Å². The summed E-state index contributed by atoms with van der Waals surface area (Å²) >= 11 is 0. The minimum absolute atomic E-state index is 0.236. The minimum atomic E-state index is -1.29. The van der Waals surface area contributed by atoms with Crippen LogP contribution in [0, 0.1) is 35.3 Å².